The fourth-order valence-corrected chi connectivity index (χ4v) is 3.31. The van der Waals surface area contributed by atoms with Gasteiger partial charge in [0.05, 0.1) is 19.8 Å². The fraction of sp³-hybridized carbons (Fsp3) is 0.286. The Balaban J connectivity index is 1.45. The molecule has 4 rings (SSSR count). The first kappa shape index (κ1) is 18.3. The molecule has 1 aliphatic rings. The first-order valence-electron chi connectivity index (χ1n) is 9.32. The Morgan fingerprint density at radius 1 is 1.14 bits per heavy atom. The molecule has 1 saturated heterocycles. The molecule has 0 saturated carbocycles. The van der Waals surface area contributed by atoms with Gasteiger partial charge in [0.1, 0.15) is 11.7 Å². The van der Waals surface area contributed by atoms with Gasteiger partial charge in [-0.05, 0) is 11.6 Å². The van der Waals surface area contributed by atoms with Crippen molar-refractivity contribution in [1.29, 1.82) is 0 Å². The van der Waals surface area contributed by atoms with E-state index in [0.717, 1.165) is 11.1 Å². The smallest absolute Gasteiger partial charge is 0.242 e. The number of nitrogens with zero attached hydrogens (tertiary/aromatic N) is 3. The van der Waals surface area contributed by atoms with Crippen molar-refractivity contribution in [2.24, 2.45) is 0 Å². The lowest BCUT2D eigenvalue weighted by atomic mass is 10.1. The maximum atomic E-state index is 13.0. The highest BCUT2D eigenvalue weighted by Gasteiger charge is 2.29. The average molecular weight is 378 g/mol. The van der Waals surface area contributed by atoms with E-state index in [1.807, 2.05) is 48.5 Å². The summed E-state index contributed by atoms with van der Waals surface area (Å²) in [6.45, 7) is 2.95. The molecule has 3 heterocycles. The van der Waals surface area contributed by atoms with Crippen LogP contribution < -0.4 is 5.32 Å². The van der Waals surface area contributed by atoms with Gasteiger partial charge in [-0.3, -0.25) is 14.7 Å². The number of amides is 1. The molecule has 0 aliphatic carbocycles. The Kier molecular flexibility index (Phi) is 5.75. The molecule has 1 aromatic carbocycles. The molecule has 1 aliphatic heterocycles. The standard InChI is InChI=1S/C21H22N4O3/c26-21(20(17-7-4-8-22-14-17)25-9-11-27-12-10-25)23-15-18-13-19(28-24-18)16-5-2-1-3-6-16/h1-8,13-14,20H,9-12,15H2,(H,23,26). The summed E-state index contributed by atoms with van der Waals surface area (Å²) in [5.41, 5.74) is 2.50. The maximum absolute atomic E-state index is 13.0. The number of hydrogen-bond acceptors (Lipinski definition) is 6. The molecule has 2 aromatic heterocycles. The summed E-state index contributed by atoms with van der Waals surface area (Å²) in [5, 5.41) is 7.06. The number of hydrogen-bond donors (Lipinski definition) is 1. The second-order valence-corrected chi connectivity index (χ2v) is 6.60. The first-order chi connectivity index (χ1) is 13.8. The molecule has 1 fully saturated rings. The van der Waals surface area contributed by atoms with Crippen LogP contribution in [-0.2, 0) is 16.1 Å². The van der Waals surface area contributed by atoms with Crippen LogP contribution in [0.25, 0.3) is 11.3 Å². The Bertz CT molecular complexity index is 892. The minimum Gasteiger partial charge on any atom is -0.379 e. The number of aromatic nitrogens is 2. The zero-order valence-electron chi connectivity index (χ0n) is 15.5. The van der Waals surface area contributed by atoms with E-state index in [0.29, 0.717) is 44.3 Å². The van der Waals surface area contributed by atoms with E-state index in [1.54, 1.807) is 12.4 Å². The summed E-state index contributed by atoms with van der Waals surface area (Å²) in [4.78, 5) is 19.3. The predicted molar refractivity (Wildman–Crippen MR) is 103 cm³/mol. The predicted octanol–water partition coefficient (Wildman–Crippen LogP) is 2.43. The third-order valence-electron chi connectivity index (χ3n) is 4.72. The first-order valence-corrected chi connectivity index (χ1v) is 9.32. The van der Waals surface area contributed by atoms with Gasteiger partial charge < -0.3 is 14.6 Å². The zero-order valence-corrected chi connectivity index (χ0v) is 15.5. The van der Waals surface area contributed by atoms with Crippen LogP contribution in [0.1, 0.15) is 17.3 Å². The van der Waals surface area contributed by atoms with Crippen molar-refractivity contribution in [2.45, 2.75) is 12.6 Å². The van der Waals surface area contributed by atoms with Crippen molar-refractivity contribution in [1.82, 2.24) is 20.4 Å². The number of morpholine rings is 1. The molecular formula is C21H22N4O3. The summed E-state index contributed by atoms with van der Waals surface area (Å²) < 4.78 is 10.8. The lowest BCUT2D eigenvalue weighted by Crippen LogP contribution is -2.45. The molecule has 1 atom stereocenters. The summed E-state index contributed by atoms with van der Waals surface area (Å²) in [5.74, 6) is 0.598. The Morgan fingerprint density at radius 2 is 1.96 bits per heavy atom. The zero-order chi connectivity index (χ0) is 19.2. The van der Waals surface area contributed by atoms with Gasteiger partial charge >= 0.3 is 0 Å². The van der Waals surface area contributed by atoms with Crippen LogP contribution in [0.4, 0.5) is 0 Å². The molecule has 7 heteroatoms. The second-order valence-electron chi connectivity index (χ2n) is 6.60. The van der Waals surface area contributed by atoms with E-state index in [-0.39, 0.29) is 5.91 Å². The van der Waals surface area contributed by atoms with E-state index in [4.69, 9.17) is 9.26 Å². The number of pyridine rings is 1. The fourth-order valence-electron chi connectivity index (χ4n) is 3.31. The minimum absolute atomic E-state index is 0.0841. The minimum atomic E-state index is -0.405. The highest BCUT2D eigenvalue weighted by molar-refractivity contribution is 5.83. The van der Waals surface area contributed by atoms with E-state index >= 15 is 0 Å². The molecule has 0 radical (unpaired) electrons. The van der Waals surface area contributed by atoms with Crippen LogP contribution in [0.3, 0.4) is 0 Å². The van der Waals surface area contributed by atoms with E-state index in [2.05, 4.69) is 20.4 Å². The highest BCUT2D eigenvalue weighted by atomic mass is 16.5. The van der Waals surface area contributed by atoms with Crippen molar-refractivity contribution in [3.05, 3.63) is 72.2 Å². The van der Waals surface area contributed by atoms with Crippen molar-refractivity contribution in [3.8, 4) is 11.3 Å². The molecule has 144 valence electrons. The Morgan fingerprint density at radius 3 is 2.71 bits per heavy atom. The summed E-state index contributed by atoms with van der Waals surface area (Å²) in [6.07, 6.45) is 3.45. The van der Waals surface area contributed by atoms with Crippen molar-refractivity contribution in [2.75, 3.05) is 26.3 Å². The van der Waals surface area contributed by atoms with Gasteiger partial charge in [-0.2, -0.15) is 0 Å². The molecule has 1 N–H and O–H groups in total. The molecule has 1 unspecified atom stereocenters. The molecular weight excluding hydrogens is 356 g/mol. The summed E-state index contributed by atoms with van der Waals surface area (Å²) in [6, 6.07) is 15.0. The van der Waals surface area contributed by atoms with E-state index < -0.39 is 6.04 Å². The molecule has 0 bridgehead atoms. The molecule has 0 spiro atoms. The maximum Gasteiger partial charge on any atom is 0.242 e. The number of rotatable bonds is 6. The van der Waals surface area contributed by atoms with Crippen LogP contribution in [0.15, 0.2) is 65.4 Å². The van der Waals surface area contributed by atoms with Crippen LogP contribution in [0, 0.1) is 0 Å². The van der Waals surface area contributed by atoms with Gasteiger partial charge in [0, 0.05) is 37.1 Å². The van der Waals surface area contributed by atoms with Crippen molar-refractivity contribution < 1.29 is 14.1 Å². The van der Waals surface area contributed by atoms with Gasteiger partial charge in [0.2, 0.25) is 5.91 Å². The number of benzene rings is 1. The number of carbonyl (C=O) groups is 1. The average Bonchev–Trinajstić information content (AvgIpc) is 3.24. The lowest BCUT2D eigenvalue weighted by molar-refractivity contribution is -0.128. The van der Waals surface area contributed by atoms with Gasteiger partial charge in [0.25, 0.3) is 0 Å². The number of ether oxygens (including phenoxy) is 1. The Hall–Kier alpha value is -3.03. The molecule has 3 aromatic rings. The third-order valence-corrected chi connectivity index (χ3v) is 4.72. The van der Waals surface area contributed by atoms with Gasteiger partial charge in [0.15, 0.2) is 5.76 Å². The Labute approximate surface area is 163 Å². The number of carbonyl (C=O) groups excluding carboxylic acids is 1. The third kappa shape index (κ3) is 4.27. The van der Waals surface area contributed by atoms with Crippen LogP contribution in [0.5, 0.6) is 0 Å². The van der Waals surface area contributed by atoms with Gasteiger partial charge in [-0.1, -0.05) is 41.6 Å². The summed E-state index contributed by atoms with van der Waals surface area (Å²) in [7, 11) is 0. The monoisotopic (exact) mass is 378 g/mol. The SMILES string of the molecule is O=C(NCc1cc(-c2ccccc2)on1)C(c1cccnc1)N1CCOCC1. The van der Waals surface area contributed by atoms with Crippen LogP contribution in [0.2, 0.25) is 0 Å². The molecule has 1 amide bonds. The largest absolute Gasteiger partial charge is 0.379 e. The van der Waals surface area contributed by atoms with Crippen molar-refractivity contribution in [3.63, 3.8) is 0 Å². The highest BCUT2D eigenvalue weighted by Crippen LogP contribution is 2.22. The van der Waals surface area contributed by atoms with E-state index in [1.165, 1.54) is 0 Å². The van der Waals surface area contributed by atoms with Gasteiger partial charge in [-0.25, -0.2) is 0 Å². The summed E-state index contributed by atoms with van der Waals surface area (Å²) >= 11 is 0. The normalized spacial score (nSPS) is 15.9. The molecule has 7 nitrogen and oxygen atoms in total. The second kappa shape index (κ2) is 8.77. The van der Waals surface area contributed by atoms with Crippen molar-refractivity contribution >= 4 is 5.91 Å². The van der Waals surface area contributed by atoms with Crippen LogP contribution in [-0.4, -0.2) is 47.3 Å². The number of nitrogens with one attached hydrogen (secondary N) is 1. The lowest BCUT2D eigenvalue weighted by Gasteiger charge is -2.33. The van der Waals surface area contributed by atoms with Crippen LogP contribution >= 0.6 is 0 Å². The quantitative estimate of drug-likeness (QED) is 0.710. The molecule has 28 heavy (non-hydrogen) atoms. The topological polar surface area (TPSA) is 80.5 Å². The van der Waals surface area contributed by atoms with E-state index in [9.17, 15) is 4.79 Å². The van der Waals surface area contributed by atoms with Gasteiger partial charge in [-0.15, -0.1) is 0 Å².